The highest BCUT2D eigenvalue weighted by Gasteiger charge is 2.17. The third-order valence-corrected chi connectivity index (χ3v) is 4.41. The molecule has 112 valence electrons. The molecule has 2 nitrogen and oxygen atoms in total. The first-order valence-corrected chi connectivity index (χ1v) is 8.33. The van der Waals surface area contributed by atoms with E-state index in [4.69, 9.17) is 0 Å². The van der Waals surface area contributed by atoms with Crippen molar-refractivity contribution < 1.29 is 0 Å². The van der Waals surface area contributed by atoms with E-state index in [1.165, 1.54) is 56.6 Å². The van der Waals surface area contributed by atoms with Crippen molar-refractivity contribution in [2.45, 2.75) is 46.1 Å². The summed E-state index contributed by atoms with van der Waals surface area (Å²) >= 11 is 0. The fraction of sp³-hybridized carbons (Fsp3) is 0.667. The van der Waals surface area contributed by atoms with Crippen molar-refractivity contribution in [3.8, 4) is 0 Å². The molecule has 1 aromatic carbocycles. The molecule has 0 aliphatic carbocycles. The number of aryl methyl sites for hydroxylation is 1. The largest absolute Gasteiger partial charge is 0.317 e. The molecule has 1 saturated heterocycles. The SMILES string of the molecule is CCCN(Cc1ccccc1CC)CC1CCNCC1. The number of hydrogen-bond donors (Lipinski definition) is 1. The average Bonchev–Trinajstić information content (AvgIpc) is 2.49. The first kappa shape index (κ1) is 15.5. The third kappa shape index (κ3) is 4.60. The van der Waals surface area contributed by atoms with E-state index in [1.54, 1.807) is 0 Å². The van der Waals surface area contributed by atoms with Gasteiger partial charge in [0.2, 0.25) is 0 Å². The average molecular weight is 274 g/mol. The molecule has 0 amide bonds. The summed E-state index contributed by atoms with van der Waals surface area (Å²) in [4.78, 5) is 2.67. The predicted molar refractivity (Wildman–Crippen MR) is 87.0 cm³/mol. The van der Waals surface area contributed by atoms with E-state index in [0.717, 1.165) is 18.9 Å². The van der Waals surface area contributed by atoms with Gasteiger partial charge in [-0.1, -0.05) is 38.1 Å². The van der Waals surface area contributed by atoms with Crippen molar-refractivity contribution in [1.29, 1.82) is 0 Å². The quantitative estimate of drug-likeness (QED) is 0.819. The van der Waals surface area contributed by atoms with Crippen LogP contribution in [0.25, 0.3) is 0 Å². The highest BCUT2D eigenvalue weighted by atomic mass is 15.1. The number of nitrogens with one attached hydrogen (secondary N) is 1. The summed E-state index contributed by atoms with van der Waals surface area (Å²) in [6.45, 7) is 10.6. The summed E-state index contributed by atoms with van der Waals surface area (Å²) in [5.41, 5.74) is 3.04. The van der Waals surface area contributed by atoms with Gasteiger partial charge < -0.3 is 5.32 Å². The van der Waals surface area contributed by atoms with E-state index in [9.17, 15) is 0 Å². The van der Waals surface area contributed by atoms with E-state index in [2.05, 4.69) is 48.3 Å². The Morgan fingerprint density at radius 1 is 1.10 bits per heavy atom. The second-order valence-corrected chi connectivity index (χ2v) is 6.05. The van der Waals surface area contributed by atoms with Crippen LogP contribution in [0.15, 0.2) is 24.3 Å². The van der Waals surface area contributed by atoms with Crippen LogP contribution in [0, 0.1) is 5.92 Å². The Hall–Kier alpha value is -0.860. The van der Waals surface area contributed by atoms with Gasteiger partial charge in [0.05, 0.1) is 0 Å². The summed E-state index contributed by atoms with van der Waals surface area (Å²) in [5.74, 6) is 0.886. The Labute approximate surface area is 124 Å². The van der Waals surface area contributed by atoms with Gasteiger partial charge in [-0.25, -0.2) is 0 Å². The van der Waals surface area contributed by atoms with Crippen LogP contribution >= 0.6 is 0 Å². The Morgan fingerprint density at radius 2 is 1.80 bits per heavy atom. The molecule has 0 aromatic heterocycles. The van der Waals surface area contributed by atoms with Crippen molar-refractivity contribution in [1.82, 2.24) is 10.2 Å². The molecule has 1 aliphatic heterocycles. The van der Waals surface area contributed by atoms with Gasteiger partial charge in [0.25, 0.3) is 0 Å². The first-order chi connectivity index (χ1) is 9.83. The number of hydrogen-bond acceptors (Lipinski definition) is 2. The highest BCUT2D eigenvalue weighted by molar-refractivity contribution is 5.26. The summed E-state index contributed by atoms with van der Waals surface area (Å²) in [5, 5.41) is 3.47. The zero-order chi connectivity index (χ0) is 14.2. The van der Waals surface area contributed by atoms with Gasteiger partial charge >= 0.3 is 0 Å². The van der Waals surface area contributed by atoms with Gasteiger partial charge in [-0.15, -0.1) is 0 Å². The molecule has 0 atom stereocenters. The maximum absolute atomic E-state index is 3.47. The minimum atomic E-state index is 0.886. The van der Waals surface area contributed by atoms with Gasteiger partial charge in [0.15, 0.2) is 0 Å². The zero-order valence-electron chi connectivity index (χ0n) is 13.2. The van der Waals surface area contributed by atoms with E-state index in [0.29, 0.717) is 0 Å². The van der Waals surface area contributed by atoms with Crippen molar-refractivity contribution >= 4 is 0 Å². The highest BCUT2D eigenvalue weighted by Crippen LogP contribution is 2.17. The lowest BCUT2D eigenvalue weighted by molar-refractivity contribution is 0.198. The molecule has 1 fully saturated rings. The van der Waals surface area contributed by atoms with Crippen LogP contribution < -0.4 is 5.32 Å². The molecule has 0 spiro atoms. The zero-order valence-corrected chi connectivity index (χ0v) is 13.2. The van der Waals surface area contributed by atoms with E-state index >= 15 is 0 Å². The van der Waals surface area contributed by atoms with Crippen LogP contribution in [0.1, 0.15) is 44.2 Å². The number of benzene rings is 1. The molecule has 0 radical (unpaired) electrons. The van der Waals surface area contributed by atoms with Gasteiger partial charge in [-0.05, 0) is 62.4 Å². The van der Waals surface area contributed by atoms with Crippen molar-refractivity contribution in [2.24, 2.45) is 5.92 Å². The molecule has 1 heterocycles. The Kier molecular flexibility index (Phi) is 6.55. The maximum Gasteiger partial charge on any atom is 0.0236 e. The standard InChI is InChI=1S/C18H30N2/c1-3-13-20(14-16-9-11-19-12-10-16)15-18-8-6-5-7-17(18)4-2/h5-8,16,19H,3-4,9-15H2,1-2H3. The van der Waals surface area contributed by atoms with Crippen molar-refractivity contribution in [3.05, 3.63) is 35.4 Å². The molecule has 2 heteroatoms. The first-order valence-electron chi connectivity index (χ1n) is 8.33. The lowest BCUT2D eigenvalue weighted by Crippen LogP contribution is -2.36. The van der Waals surface area contributed by atoms with E-state index in [-0.39, 0.29) is 0 Å². The monoisotopic (exact) mass is 274 g/mol. The Balaban J connectivity index is 1.96. The maximum atomic E-state index is 3.47. The molecular formula is C18H30N2. The Bertz CT molecular complexity index is 383. The molecule has 1 aromatic rings. The molecule has 2 rings (SSSR count). The second-order valence-electron chi connectivity index (χ2n) is 6.05. The third-order valence-electron chi connectivity index (χ3n) is 4.41. The lowest BCUT2D eigenvalue weighted by atomic mass is 9.97. The van der Waals surface area contributed by atoms with Gasteiger partial charge in [0, 0.05) is 13.1 Å². The molecule has 0 saturated carbocycles. The number of rotatable bonds is 7. The van der Waals surface area contributed by atoms with Crippen LogP contribution in [-0.2, 0) is 13.0 Å². The summed E-state index contributed by atoms with van der Waals surface area (Å²) < 4.78 is 0. The smallest absolute Gasteiger partial charge is 0.0236 e. The number of piperidine rings is 1. The second kappa shape index (κ2) is 8.43. The predicted octanol–water partition coefficient (Wildman–Crippen LogP) is 3.46. The molecule has 1 N–H and O–H groups in total. The van der Waals surface area contributed by atoms with Crippen LogP contribution in [0.2, 0.25) is 0 Å². The topological polar surface area (TPSA) is 15.3 Å². The normalized spacial score (nSPS) is 16.8. The molecule has 0 unspecified atom stereocenters. The minimum Gasteiger partial charge on any atom is -0.317 e. The van der Waals surface area contributed by atoms with E-state index in [1.807, 2.05) is 0 Å². The molecule has 20 heavy (non-hydrogen) atoms. The lowest BCUT2D eigenvalue weighted by Gasteiger charge is -2.30. The van der Waals surface area contributed by atoms with Gasteiger partial charge in [0.1, 0.15) is 0 Å². The van der Waals surface area contributed by atoms with Crippen LogP contribution in [-0.4, -0.2) is 31.1 Å². The molecular weight excluding hydrogens is 244 g/mol. The Morgan fingerprint density at radius 3 is 2.45 bits per heavy atom. The molecule has 1 aliphatic rings. The molecule has 0 bridgehead atoms. The van der Waals surface area contributed by atoms with Crippen molar-refractivity contribution in [2.75, 3.05) is 26.2 Å². The summed E-state index contributed by atoms with van der Waals surface area (Å²) in [6.07, 6.45) is 5.08. The van der Waals surface area contributed by atoms with Gasteiger partial charge in [-0.2, -0.15) is 0 Å². The van der Waals surface area contributed by atoms with Gasteiger partial charge in [-0.3, -0.25) is 4.90 Å². The fourth-order valence-electron chi connectivity index (χ4n) is 3.28. The van der Waals surface area contributed by atoms with Crippen LogP contribution in [0.5, 0.6) is 0 Å². The number of nitrogens with zero attached hydrogens (tertiary/aromatic N) is 1. The van der Waals surface area contributed by atoms with E-state index < -0.39 is 0 Å². The minimum absolute atomic E-state index is 0.886. The summed E-state index contributed by atoms with van der Waals surface area (Å²) in [6, 6.07) is 8.94. The fourth-order valence-corrected chi connectivity index (χ4v) is 3.28. The van der Waals surface area contributed by atoms with Crippen LogP contribution in [0.4, 0.5) is 0 Å². The van der Waals surface area contributed by atoms with Crippen LogP contribution in [0.3, 0.4) is 0 Å². The van der Waals surface area contributed by atoms with Crippen molar-refractivity contribution in [3.63, 3.8) is 0 Å². The summed E-state index contributed by atoms with van der Waals surface area (Å²) in [7, 11) is 0.